The number of halogens is 3. The summed E-state index contributed by atoms with van der Waals surface area (Å²) >= 11 is 0. The number of aliphatic carboxylic acids is 1. The third-order valence-corrected chi connectivity index (χ3v) is 7.15. The van der Waals surface area contributed by atoms with Gasteiger partial charge in [-0.3, -0.25) is 10.0 Å². The smallest absolute Gasteiger partial charge is 0.481 e. The van der Waals surface area contributed by atoms with Crippen LogP contribution in [0.15, 0.2) is 29.2 Å². The van der Waals surface area contributed by atoms with Crippen LogP contribution in [0.3, 0.4) is 0 Å². The van der Waals surface area contributed by atoms with Gasteiger partial charge in [-0.2, -0.15) is 13.2 Å². The first kappa shape index (κ1) is 29.2. The Morgan fingerprint density at radius 3 is 2.15 bits per heavy atom. The normalized spacial score (nSPS) is 15.7. The average molecular weight is 509 g/mol. The summed E-state index contributed by atoms with van der Waals surface area (Å²) in [6, 6.07) is 6.08. The fraction of sp³-hybridized carbons (Fsp3) is 0.524. The quantitative estimate of drug-likeness (QED) is 0.290. The molecule has 1 aromatic rings. The van der Waals surface area contributed by atoms with Gasteiger partial charge < -0.3 is 14.7 Å². The van der Waals surface area contributed by atoms with E-state index in [4.69, 9.17) is 19.8 Å². The summed E-state index contributed by atoms with van der Waals surface area (Å²) in [5, 5.41) is 16.3. The first-order chi connectivity index (χ1) is 15.8. The molecular weight excluding hydrogens is 481 g/mol. The SMILES string of the molecule is CC#CCOc1ccc(S(=O)(=O)CC2(C(=O)NO)CCN(CC)CC2)cc1.O=C(O)C(F)(F)F. The summed E-state index contributed by atoms with van der Waals surface area (Å²) in [5.41, 5.74) is 0.532. The number of alkyl halides is 3. The number of likely N-dealkylation sites (tertiary alicyclic amines) is 1. The number of ether oxygens (including phenoxy) is 1. The second-order valence-corrected chi connectivity index (χ2v) is 9.39. The molecule has 3 N–H and O–H groups in total. The van der Waals surface area contributed by atoms with Crippen LogP contribution in [0.25, 0.3) is 0 Å². The number of benzene rings is 1. The van der Waals surface area contributed by atoms with Crippen molar-refractivity contribution >= 4 is 21.7 Å². The van der Waals surface area contributed by atoms with Crippen molar-refractivity contribution in [2.24, 2.45) is 5.41 Å². The number of hydroxylamine groups is 1. The van der Waals surface area contributed by atoms with E-state index in [1.54, 1.807) is 24.5 Å². The summed E-state index contributed by atoms with van der Waals surface area (Å²) in [6.45, 7) is 6.03. The molecule has 9 nitrogen and oxygen atoms in total. The maximum absolute atomic E-state index is 12.9. The van der Waals surface area contributed by atoms with Crippen LogP contribution in [0.5, 0.6) is 5.75 Å². The zero-order valence-electron chi connectivity index (χ0n) is 18.7. The lowest BCUT2D eigenvalue weighted by Crippen LogP contribution is -2.51. The van der Waals surface area contributed by atoms with Crippen molar-refractivity contribution in [1.29, 1.82) is 0 Å². The lowest BCUT2D eigenvalue weighted by molar-refractivity contribution is -0.192. The zero-order valence-corrected chi connectivity index (χ0v) is 19.5. The summed E-state index contributed by atoms with van der Waals surface area (Å²) in [5.74, 6) is 2.27. The van der Waals surface area contributed by atoms with E-state index < -0.39 is 33.3 Å². The molecule has 0 aromatic heterocycles. The number of nitrogens with one attached hydrogen (secondary N) is 1. The topological polar surface area (TPSA) is 133 Å². The molecule has 0 spiro atoms. The molecule has 0 bridgehead atoms. The average Bonchev–Trinajstić information content (AvgIpc) is 2.79. The van der Waals surface area contributed by atoms with Gasteiger partial charge in [0.15, 0.2) is 9.84 Å². The van der Waals surface area contributed by atoms with Crippen molar-refractivity contribution in [3.05, 3.63) is 24.3 Å². The minimum atomic E-state index is -5.08. The Morgan fingerprint density at radius 2 is 1.74 bits per heavy atom. The molecule has 2 rings (SSSR count). The van der Waals surface area contributed by atoms with Gasteiger partial charge in [-0.25, -0.2) is 18.7 Å². The van der Waals surface area contributed by atoms with Gasteiger partial charge in [0.2, 0.25) is 0 Å². The van der Waals surface area contributed by atoms with Crippen LogP contribution in [-0.4, -0.2) is 73.7 Å². The lowest BCUT2D eigenvalue weighted by Gasteiger charge is -2.39. The molecule has 190 valence electrons. The Kier molecular flexibility index (Phi) is 10.8. The maximum atomic E-state index is 12.9. The van der Waals surface area contributed by atoms with Gasteiger partial charge in [0, 0.05) is 0 Å². The number of carbonyl (C=O) groups is 2. The molecule has 0 saturated carbocycles. The molecule has 13 heteroatoms. The molecule has 1 aromatic carbocycles. The number of carboxylic acids is 1. The predicted octanol–water partition coefficient (Wildman–Crippen LogP) is 2.10. The maximum Gasteiger partial charge on any atom is 0.490 e. The van der Waals surface area contributed by atoms with Crippen LogP contribution >= 0.6 is 0 Å². The van der Waals surface area contributed by atoms with Crippen LogP contribution in [0.2, 0.25) is 0 Å². The second-order valence-electron chi connectivity index (χ2n) is 7.40. The lowest BCUT2D eigenvalue weighted by atomic mass is 9.79. The van der Waals surface area contributed by atoms with Crippen LogP contribution in [0.1, 0.15) is 26.7 Å². The zero-order chi connectivity index (χ0) is 26.0. The van der Waals surface area contributed by atoms with E-state index in [1.807, 2.05) is 6.92 Å². The molecule has 0 unspecified atom stereocenters. The Balaban J connectivity index is 0.000000718. The predicted molar refractivity (Wildman–Crippen MR) is 115 cm³/mol. The second kappa shape index (κ2) is 12.6. The van der Waals surface area contributed by atoms with Gasteiger partial charge in [-0.1, -0.05) is 12.8 Å². The summed E-state index contributed by atoms with van der Waals surface area (Å²) < 4.78 is 62.9. The van der Waals surface area contributed by atoms with Crippen molar-refractivity contribution in [3.63, 3.8) is 0 Å². The van der Waals surface area contributed by atoms with E-state index in [0.29, 0.717) is 31.7 Å². The van der Waals surface area contributed by atoms with Crippen molar-refractivity contribution in [2.45, 2.75) is 37.8 Å². The number of carboxylic acid groups (broad SMARTS) is 1. The first-order valence-electron chi connectivity index (χ1n) is 10.1. The van der Waals surface area contributed by atoms with Crippen LogP contribution in [0.4, 0.5) is 13.2 Å². The molecule has 1 aliphatic rings. The van der Waals surface area contributed by atoms with Gasteiger partial charge >= 0.3 is 12.1 Å². The number of amides is 1. The minimum absolute atomic E-state index is 0.125. The third kappa shape index (κ3) is 8.51. The summed E-state index contributed by atoms with van der Waals surface area (Å²) in [4.78, 5) is 23.5. The first-order valence-corrected chi connectivity index (χ1v) is 11.8. The summed E-state index contributed by atoms with van der Waals surface area (Å²) in [6.07, 6.45) is -4.33. The Morgan fingerprint density at radius 1 is 1.21 bits per heavy atom. The highest BCUT2D eigenvalue weighted by Gasteiger charge is 2.45. The van der Waals surface area contributed by atoms with Crippen molar-refractivity contribution in [3.8, 4) is 17.6 Å². The standard InChI is InChI=1S/C19H26N2O5S.C2HF3O2/c1-3-5-14-26-16-6-8-17(9-7-16)27(24,25)15-19(18(22)20-23)10-12-21(4-2)13-11-19;3-2(4,5)1(6)7/h6-9,23H,4,10-15H2,1-2H3,(H,20,22);(H,6,7). The Hall–Kier alpha value is -2.82. The number of hydrogen-bond acceptors (Lipinski definition) is 7. The third-order valence-electron chi connectivity index (χ3n) is 5.22. The molecule has 0 atom stereocenters. The molecular formula is C21H27F3N2O7S. The molecule has 0 radical (unpaired) electrons. The van der Waals surface area contributed by atoms with Gasteiger partial charge in [-0.15, -0.1) is 5.92 Å². The van der Waals surface area contributed by atoms with E-state index in [2.05, 4.69) is 16.7 Å². The largest absolute Gasteiger partial charge is 0.490 e. The molecule has 1 heterocycles. The van der Waals surface area contributed by atoms with Crippen LogP contribution in [-0.2, 0) is 19.4 Å². The fourth-order valence-corrected chi connectivity index (χ4v) is 5.10. The van der Waals surface area contributed by atoms with Crippen LogP contribution < -0.4 is 10.2 Å². The molecule has 1 fully saturated rings. The minimum Gasteiger partial charge on any atom is -0.481 e. The number of sulfone groups is 1. The highest BCUT2D eigenvalue weighted by molar-refractivity contribution is 7.91. The Bertz CT molecular complexity index is 992. The molecule has 1 aliphatic heterocycles. The van der Waals surface area contributed by atoms with E-state index in [9.17, 15) is 26.4 Å². The van der Waals surface area contributed by atoms with E-state index >= 15 is 0 Å². The summed E-state index contributed by atoms with van der Waals surface area (Å²) in [7, 11) is -3.71. The van der Waals surface area contributed by atoms with Crippen molar-refractivity contribution < 1.29 is 46.2 Å². The van der Waals surface area contributed by atoms with Gasteiger partial charge in [-0.05, 0) is 63.7 Å². The number of piperidine rings is 1. The number of hydrogen-bond donors (Lipinski definition) is 3. The van der Waals surface area contributed by atoms with E-state index in [1.165, 1.54) is 12.1 Å². The van der Waals surface area contributed by atoms with Gasteiger partial charge in [0.1, 0.15) is 12.4 Å². The van der Waals surface area contributed by atoms with E-state index in [-0.39, 0.29) is 17.3 Å². The van der Waals surface area contributed by atoms with E-state index in [0.717, 1.165) is 6.54 Å². The molecule has 1 saturated heterocycles. The van der Waals surface area contributed by atoms with Gasteiger partial charge in [0.05, 0.1) is 16.1 Å². The number of rotatable bonds is 7. The number of nitrogens with zero attached hydrogens (tertiary/aromatic N) is 1. The highest BCUT2D eigenvalue weighted by Crippen LogP contribution is 2.35. The molecule has 34 heavy (non-hydrogen) atoms. The Labute approximate surface area is 195 Å². The molecule has 1 amide bonds. The molecule has 0 aliphatic carbocycles. The fourth-order valence-electron chi connectivity index (χ4n) is 3.23. The van der Waals surface area contributed by atoms with Crippen molar-refractivity contribution in [2.75, 3.05) is 32.0 Å². The van der Waals surface area contributed by atoms with Crippen LogP contribution in [0, 0.1) is 17.3 Å². The monoisotopic (exact) mass is 508 g/mol. The number of carbonyl (C=O) groups excluding carboxylic acids is 1. The highest BCUT2D eigenvalue weighted by atomic mass is 32.2. The van der Waals surface area contributed by atoms with Crippen molar-refractivity contribution in [1.82, 2.24) is 10.4 Å². The van der Waals surface area contributed by atoms with Gasteiger partial charge in [0.25, 0.3) is 5.91 Å².